The average molecular weight is 599 g/mol. The predicted octanol–water partition coefficient (Wildman–Crippen LogP) is 7.43. The lowest BCUT2D eigenvalue weighted by molar-refractivity contribution is -0.0730. The molecule has 0 spiro atoms. The first-order chi connectivity index (χ1) is 19.2. The summed E-state index contributed by atoms with van der Waals surface area (Å²) in [6.45, 7) is 21.7. The van der Waals surface area contributed by atoms with Crippen LogP contribution in [0, 0.1) is 35.5 Å². The quantitative estimate of drug-likeness (QED) is 0.255. The van der Waals surface area contributed by atoms with Gasteiger partial charge in [0.1, 0.15) is 6.10 Å². The normalized spacial score (nSPS) is 33.5. The van der Waals surface area contributed by atoms with E-state index in [0.717, 1.165) is 56.5 Å². The van der Waals surface area contributed by atoms with Crippen LogP contribution >= 0.6 is 0 Å². The molecule has 5 rings (SSSR count). The van der Waals surface area contributed by atoms with Crippen LogP contribution in [0.5, 0.6) is 0 Å². The highest BCUT2D eigenvalue weighted by Crippen LogP contribution is 2.36. The molecule has 42 heavy (non-hydrogen) atoms. The van der Waals surface area contributed by atoms with Crippen LogP contribution in [0.2, 0.25) is 0 Å². The van der Waals surface area contributed by atoms with E-state index in [-0.39, 0.29) is 21.0 Å². The van der Waals surface area contributed by atoms with Gasteiger partial charge in [-0.05, 0) is 113 Å². The average Bonchev–Trinajstić information content (AvgIpc) is 3.30. The van der Waals surface area contributed by atoms with Gasteiger partial charge in [0, 0.05) is 6.54 Å². The topological polar surface area (TPSA) is 66.5 Å². The number of rotatable bonds is 10. The summed E-state index contributed by atoms with van der Waals surface area (Å²) in [7, 11) is 0. The maximum absolute atomic E-state index is 10.2. The zero-order valence-electron chi connectivity index (χ0n) is 27.1. The van der Waals surface area contributed by atoms with Crippen LogP contribution in [0.3, 0.4) is 0 Å². The highest BCUT2D eigenvalue weighted by atomic mass is 16.6. The molecule has 0 bridgehead atoms. The molecule has 0 aromatic rings. The third-order valence-electron chi connectivity index (χ3n) is 9.95. The Kier molecular flexibility index (Phi) is 20.4. The number of likely N-dealkylation sites (tertiary alicyclic amines) is 1. The van der Waals surface area contributed by atoms with Crippen LogP contribution in [-0.2, 0) is 14.2 Å². The van der Waals surface area contributed by atoms with E-state index in [2.05, 4.69) is 51.8 Å². The third kappa shape index (κ3) is 15.2. The summed E-state index contributed by atoms with van der Waals surface area (Å²) in [4.78, 5) is 2.36. The maximum Gasteiger partial charge on any atom is 0.104 e. The molecule has 5 aliphatic rings. The summed E-state index contributed by atoms with van der Waals surface area (Å²) in [5.41, 5.74) is 0. The molecule has 252 valence electrons. The third-order valence-corrected chi connectivity index (χ3v) is 9.95. The first-order valence-electron chi connectivity index (χ1n) is 17.2. The van der Waals surface area contributed by atoms with Gasteiger partial charge in [0.05, 0.1) is 38.1 Å². The summed E-state index contributed by atoms with van der Waals surface area (Å²) in [6.07, 6.45) is 14.0. The van der Waals surface area contributed by atoms with Gasteiger partial charge in [-0.1, -0.05) is 69.2 Å². The van der Waals surface area contributed by atoms with E-state index in [9.17, 15) is 5.11 Å². The summed E-state index contributed by atoms with van der Waals surface area (Å²) in [5, 5.41) is 13.4. The summed E-state index contributed by atoms with van der Waals surface area (Å²) < 4.78 is 17.3. The van der Waals surface area contributed by atoms with E-state index in [1.807, 2.05) is 0 Å². The first kappa shape index (κ1) is 39.8. The molecule has 3 saturated heterocycles. The van der Waals surface area contributed by atoms with Crippen molar-refractivity contribution in [1.82, 2.24) is 10.2 Å². The number of nitrogens with one attached hydrogen (secondary N) is 1. The van der Waals surface area contributed by atoms with Crippen molar-refractivity contribution in [3.63, 3.8) is 0 Å². The Bertz CT molecular complexity index is 641. The standard InChI is InChI=1S/C17H33NO2.C13H24O2.C4H9N.2CH4/c1-13(2)16-7-6-14(3)10-17(16)20-12-15(19)11-18-8-4-5-9-18;1-9(2)12-5-4-10(3)6-13(12)15-8-11-7-14-11;1-2-4-5-3-1;;/h13-17,19H,4-12H2,1-3H3;9-13H,4-8H2,1-3H3;5H,1-4H2;2*1H4. The Balaban J connectivity index is 0.000000353. The van der Waals surface area contributed by atoms with Crippen LogP contribution in [-0.4, -0.2) is 87.0 Å². The molecule has 0 amide bonds. The summed E-state index contributed by atoms with van der Waals surface area (Å²) >= 11 is 0. The van der Waals surface area contributed by atoms with Gasteiger partial charge in [-0.15, -0.1) is 0 Å². The molecule has 3 aliphatic heterocycles. The summed E-state index contributed by atoms with van der Waals surface area (Å²) in [6, 6.07) is 0. The van der Waals surface area contributed by atoms with Gasteiger partial charge in [0.2, 0.25) is 0 Å². The van der Waals surface area contributed by atoms with Gasteiger partial charge in [-0.25, -0.2) is 0 Å². The number of hydrogen-bond acceptors (Lipinski definition) is 6. The molecule has 2 saturated carbocycles. The second-order valence-electron chi connectivity index (χ2n) is 14.5. The minimum atomic E-state index is -0.321. The van der Waals surface area contributed by atoms with Gasteiger partial charge in [0.25, 0.3) is 0 Å². The van der Waals surface area contributed by atoms with Crippen LogP contribution in [0.1, 0.15) is 121 Å². The Labute approximate surface area is 262 Å². The van der Waals surface area contributed by atoms with Crippen molar-refractivity contribution in [1.29, 1.82) is 0 Å². The van der Waals surface area contributed by atoms with E-state index >= 15 is 0 Å². The lowest BCUT2D eigenvalue weighted by Gasteiger charge is -2.37. The largest absolute Gasteiger partial charge is 0.389 e. The van der Waals surface area contributed by atoms with E-state index in [4.69, 9.17) is 14.2 Å². The lowest BCUT2D eigenvalue weighted by Crippen LogP contribution is -2.38. The van der Waals surface area contributed by atoms with E-state index in [1.54, 1.807) is 0 Å². The Morgan fingerprint density at radius 1 is 0.786 bits per heavy atom. The smallest absolute Gasteiger partial charge is 0.104 e. The maximum atomic E-state index is 10.2. The molecule has 6 heteroatoms. The summed E-state index contributed by atoms with van der Waals surface area (Å²) in [5.74, 6) is 4.48. The van der Waals surface area contributed by atoms with Crippen molar-refractivity contribution in [2.45, 2.75) is 145 Å². The first-order valence-corrected chi connectivity index (χ1v) is 17.2. The van der Waals surface area contributed by atoms with Crippen LogP contribution < -0.4 is 5.32 Å². The molecule has 6 nitrogen and oxygen atoms in total. The fraction of sp³-hybridized carbons (Fsp3) is 1.00. The molecule has 3 heterocycles. The van der Waals surface area contributed by atoms with Crippen LogP contribution in [0.25, 0.3) is 0 Å². The SMILES string of the molecule is C.C.C1CCNC1.CC1CCC(C(C)C)C(OCC(O)CN2CCCC2)C1.CC1CCC(C(C)C)C(OCC2CO2)C1. The van der Waals surface area contributed by atoms with Crippen molar-refractivity contribution < 1.29 is 19.3 Å². The molecule has 0 radical (unpaired) electrons. The number of aliphatic hydroxyl groups is 1. The Morgan fingerprint density at radius 3 is 1.71 bits per heavy atom. The van der Waals surface area contributed by atoms with Crippen LogP contribution in [0.15, 0.2) is 0 Å². The molecule has 2 aliphatic carbocycles. The molecule has 5 fully saturated rings. The number of nitrogens with zero attached hydrogens (tertiary/aromatic N) is 1. The fourth-order valence-corrected chi connectivity index (χ4v) is 7.18. The van der Waals surface area contributed by atoms with Crippen molar-refractivity contribution in [3.8, 4) is 0 Å². The molecule has 2 N–H and O–H groups in total. The van der Waals surface area contributed by atoms with Gasteiger partial charge < -0.3 is 29.5 Å². The lowest BCUT2D eigenvalue weighted by atomic mass is 9.75. The van der Waals surface area contributed by atoms with Crippen LogP contribution in [0.4, 0.5) is 0 Å². The zero-order valence-corrected chi connectivity index (χ0v) is 27.1. The highest BCUT2D eigenvalue weighted by Gasteiger charge is 2.34. The van der Waals surface area contributed by atoms with E-state index in [0.29, 0.717) is 36.8 Å². The molecule has 8 unspecified atom stereocenters. The van der Waals surface area contributed by atoms with Gasteiger partial charge in [0.15, 0.2) is 0 Å². The molecule has 0 aromatic heterocycles. The number of β-amino-alcohol motifs (C(OH)–C–C–N with tert-alkyl or cyclic N) is 1. The second-order valence-corrected chi connectivity index (χ2v) is 14.5. The second kappa shape index (κ2) is 21.5. The number of epoxide rings is 1. The number of hydrogen-bond donors (Lipinski definition) is 2. The zero-order chi connectivity index (χ0) is 28.9. The molecule has 8 atom stereocenters. The van der Waals surface area contributed by atoms with Crippen molar-refractivity contribution in [3.05, 3.63) is 0 Å². The molecule has 0 aromatic carbocycles. The monoisotopic (exact) mass is 599 g/mol. The predicted molar refractivity (Wildman–Crippen MR) is 179 cm³/mol. The van der Waals surface area contributed by atoms with E-state index in [1.165, 1.54) is 77.3 Å². The Hall–Kier alpha value is -0.240. The van der Waals surface area contributed by atoms with Crippen molar-refractivity contribution in [2.24, 2.45) is 35.5 Å². The molecular formula is C36H74N2O4. The van der Waals surface area contributed by atoms with Crippen molar-refractivity contribution >= 4 is 0 Å². The van der Waals surface area contributed by atoms with Gasteiger partial charge >= 0.3 is 0 Å². The van der Waals surface area contributed by atoms with Gasteiger partial charge in [-0.3, -0.25) is 0 Å². The van der Waals surface area contributed by atoms with Gasteiger partial charge in [-0.2, -0.15) is 0 Å². The minimum absolute atomic E-state index is 0. The fourth-order valence-electron chi connectivity index (χ4n) is 7.18. The highest BCUT2D eigenvalue weighted by molar-refractivity contribution is 4.83. The van der Waals surface area contributed by atoms with E-state index < -0.39 is 0 Å². The molecular weight excluding hydrogens is 524 g/mol. The number of ether oxygens (including phenoxy) is 3. The van der Waals surface area contributed by atoms with Crippen molar-refractivity contribution in [2.75, 3.05) is 52.5 Å². The number of aliphatic hydroxyl groups excluding tert-OH is 1. The minimum Gasteiger partial charge on any atom is -0.389 e. The Morgan fingerprint density at radius 2 is 1.29 bits per heavy atom.